The summed E-state index contributed by atoms with van der Waals surface area (Å²) < 4.78 is 0. The molecule has 17 heavy (non-hydrogen) atoms. The van der Waals surface area contributed by atoms with Crippen molar-refractivity contribution in [3.05, 3.63) is 0 Å². The minimum absolute atomic E-state index is 0.111. The van der Waals surface area contributed by atoms with Gasteiger partial charge in [-0.05, 0) is 37.5 Å². The zero-order chi connectivity index (χ0) is 13.0. The predicted molar refractivity (Wildman–Crippen MR) is 71.6 cm³/mol. The Bertz CT molecular complexity index is 245. The topological polar surface area (TPSA) is 46.3 Å². The zero-order valence-electron chi connectivity index (χ0n) is 11.8. The maximum atomic E-state index is 12.1. The molecular weight excluding hydrogens is 212 g/mol. The van der Waals surface area contributed by atoms with Gasteiger partial charge in [0.1, 0.15) is 0 Å². The van der Waals surface area contributed by atoms with Gasteiger partial charge in [-0.15, -0.1) is 0 Å². The first-order chi connectivity index (χ1) is 7.97. The van der Waals surface area contributed by atoms with E-state index >= 15 is 0 Å². The molecule has 0 bridgehead atoms. The monoisotopic (exact) mass is 240 g/mol. The SMILES string of the molecule is CCC1CCC(N(C)C(=O)C(N)C(C)C)CC1. The lowest BCUT2D eigenvalue weighted by Crippen LogP contribution is -2.49. The molecule has 1 atom stereocenters. The minimum atomic E-state index is -0.344. The molecule has 0 aliphatic heterocycles. The van der Waals surface area contributed by atoms with Crippen LogP contribution >= 0.6 is 0 Å². The third-order valence-corrected chi connectivity index (χ3v) is 4.29. The van der Waals surface area contributed by atoms with E-state index in [0.29, 0.717) is 6.04 Å². The lowest BCUT2D eigenvalue weighted by molar-refractivity contribution is -0.135. The van der Waals surface area contributed by atoms with Gasteiger partial charge in [0.05, 0.1) is 6.04 Å². The van der Waals surface area contributed by atoms with Crippen LogP contribution in [0, 0.1) is 11.8 Å². The number of amides is 1. The molecule has 2 N–H and O–H groups in total. The van der Waals surface area contributed by atoms with E-state index in [9.17, 15) is 4.79 Å². The van der Waals surface area contributed by atoms with Gasteiger partial charge in [0, 0.05) is 13.1 Å². The highest BCUT2D eigenvalue weighted by molar-refractivity contribution is 5.81. The van der Waals surface area contributed by atoms with E-state index in [0.717, 1.165) is 18.8 Å². The van der Waals surface area contributed by atoms with E-state index in [4.69, 9.17) is 5.73 Å². The summed E-state index contributed by atoms with van der Waals surface area (Å²) in [6.45, 7) is 6.27. The lowest BCUT2D eigenvalue weighted by atomic mass is 9.84. The fourth-order valence-electron chi connectivity index (χ4n) is 2.64. The minimum Gasteiger partial charge on any atom is -0.341 e. The quantitative estimate of drug-likeness (QED) is 0.820. The molecule has 1 fully saturated rings. The van der Waals surface area contributed by atoms with Crippen molar-refractivity contribution in [2.75, 3.05) is 7.05 Å². The van der Waals surface area contributed by atoms with E-state index in [1.54, 1.807) is 0 Å². The van der Waals surface area contributed by atoms with Crippen LogP contribution in [0.2, 0.25) is 0 Å². The first-order valence-corrected chi connectivity index (χ1v) is 6.99. The van der Waals surface area contributed by atoms with Crippen LogP contribution in [0.5, 0.6) is 0 Å². The first kappa shape index (κ1) is 14.5. The highest BCUT2D eigenvalue weighted by atomic mass is 16.2. The molecule has 1 amide bonds. The average molecular weight is 240 g/mol. The molecule has 0 aromatic rings. The second-order valence-electron chi connectivity index (χ2n) is 5.80. The summed E-state index contributed by atoms with van der Waals surface area (Å²) in [4.78, 5) is 14.0. The molecule has 3 heteroatoms. The van der Waals surface area contributed by atoms with Crippen LogP contribution in [0.4, 0.5) is 0 Å². The highest BCUT2D eigenvalue weighted by Crippen LogP contribution is 2.29. The Hall–Kier alpha value is -0.570. The third kappa shape index (κ3) is 3.70. The standard InChI is InChI=1S/C14H28N2O/c1-5-11-6-8-12(9-7-11)16(4)14(17)13(15)10(2)3/h10-13H,5-9,15H2,1-4H3. The van der Waals surface area contributed by atoms with Gasteiger partial charge in [0.15, 0.2) is 0 Å². The van der Waals surface area contributed by atoms with E-state index in [1.807, 2.05) is 25.8 Å². The number of nitrogens with two attached hydrogens (primary N) is 1. The van der Waals surface area contributed by atoms with Crippen LogP contribution in [0.1, 0.15) is 52.9 Å². The molecule has 1 saturated carbocycles. The fraction of sp³-hybridized carbons (Fsp3) is 0.929. The molecule has 100 valence electrons. The zero-order valence-corrected chi connectivity index (χ0v) is 11.8. The summed E-state index contributed by atoms with van der Waals surface area (Å²) in [7, 11) is 1.92. The molecule has 1 aliphatic rings. The van der Waals surface area contributed by atoms with E-state index in [1.165, 1.54) is 19.3 Å². The number of carbonyl (C=O) groups is 1. The van der Waals surface area contributed by atoms with Crippen LogP contribution in [0.15, 0.2) is 0 Å². The number of nitrogens with zero attached hydrogens (tertiary/aromatic N) is 1. The third-order valence-electron chi connectivity index (χ3n) is 4.29. The molecule has 0 saturated heterocycles. The number of hydrogen-bond acceptors (Lipinski definition) is 2. The van der Waals surface area contributed by atoms with Crippen LogP contribution in [-0.2, 0) is 4.79 Å². The van der Waals surface area contributed by atoms with Gasteiger partial charge in [-0.3, -0.25) is 4.79 Å². The first-order valence-electron chi connectivity index (χ1n) is 6.99. The summed E-state index contributed by atoms with van der Waals surface area (Å²) in [5, 5.41) is 0. The van der Waals surface area contributed by atoms with Gasteiger partial charge in [-0.1, -0.05) is 27.2 Å². The smallest absolute Gasteiger partial charge is 0.239 e. The molecular formula is C14H28N2O. The number of rotatable bonds is 4. The highest BCUT2D eigenvalue weighted by Gasteiger charge is 2.29. The van der Waals surface area contributed by atoms with E-state index in [2.05, 4.69) is 6.92 Å². The second kappa shape index (κ2) is 6.39. The van der Waals surface area contributed by atoms with E-state index < -0.39 is 0 Å². The molecule has 1 rings (SSSR count). The van der Waals surface area contributed by atoms with Crippen molar-refractivity contribution in [2.24, 2.45) is 17.6 Å². The van der Waals surface area contributed by atoms with Crippen molar-refractivity contribution < 1.29 is 4.79 Å². The summed E-state index contributed by atoms with van der Waals surface area (Å²) in [5.74, 6) is 1.20. The van der Waals surface area contributed by atoms with Gasteiger partial charge in [-0.25, -0.2) is 0 Å². The van der Waals surface area contributed by atoms with Gasteiger partial charge in [-0.2, -0.15) is 0 Å². The molecule has 3 nitrogen and oxygen atoms in total. The Morgan fingerprint density at radius 3 is 2.24 bits per heavy atom. The van der Waals surface area contributed by atoms with Crippen molar-refractivity contribution >= 4 is 5.91 Å². The van der Waals surface area contributed by atoms with Gasteiger partial charge in [0.2, 0.25) is 5.91 Å². The van der Waals surface area contributed by atoms with E-state index in [-0.39, 0.29) is 17.9 Å². The Morgan fingerprint density at radius 2 is 1.82 bits per heavy atom. The molecule has 1 unspecified atom stereocenters. The van der Waals surface area contributed by atoms with Gasteiger partial charge < -0.3 is 10.6 Å². The Balaban J connectivity index is 2.48. The summed E-state index contributed by atoms with van der Waals surface area (Å²) in [6.07, 6.45) is 6.08. The van der Waals surface area contributed by atoms with Crippen LogP contribution in [-0.4, -0.2) is 29.9 Å². The maximum absolute atomic E-state index is 12.1. The Labute approximate surface area is 106 Å². The summed E-state index contributed by atoms with van der Waals surface area (Å²) in [6, 6.07) is 0.0685. The second-order valence-corrected chi connectivity index (χ2v) is 5.80. The molecule has 0 aromatic heterocycles. The van der Waals surface area contributed by atoms with Crippen molar-refractivity contribution in [3.63, 3.8) is 0 Å². The van der Waals surface area contributed by atoms with Crippen LogP contribution < -0.4 is 5.73 Å². The summed E-state index contributed by atoms with van der Waals surface area (Å²) >= 11 is 0. The maximum Gasteiger partial charge on any atom is 0.239 e. The van der Waals surface area contributed by atoms with Crippen LogP contribution in [0.3, 0.4) is 0 Å². The number of hydrogen-bond donors (Lipinski definition) is 1. The molecule has 0 heterocycles. The van der Waals surface area contributed by atoms with Crippen molar-refractivity contribution in [3.8, 4) is 0 Å². The molecule has 1 aliphatic carbocycles. The van der Waals surface area contributed by atoms with Crippen molar-refractivity contribution in [1.29, 1.82) is 0 Å². The predicted octanol–water partition coefficient (Wildman–Crippen LogP) is 2.40. The Morgan fingerprint density at radius 1 is 1.29 bits per heavy atom. The summed E-state index contributed by atoms with van der Waals surface area (Å²) in [5.41, 5.74) is 5.93. The average Bonchev–Trinajstić information content (AvgIpc) is 2.36. The van der Waals surface area contributed by atoms with Crippen molar-refractivity contribution in [2.45, 2.75) is 65.0 Å². The number of likely N-dealkylation sites (N-methyl/N-ethyl adjacent to an activating group) is 1. The van der Waals surface area contributed by atoms with Gasteiger partial charge in [0.25, 0.3) is 0 Å². The normalized spacial score (nSPS) is 26.9. The Kier molecular flexibility index (Phi) is 5.44. The molecule has 0 radical (unpaired) electrons. The van der Waals surface area contributed by atoms with Crippen LogP contribution in [0.25, 0.3) is 0 Å². The molecule has 0 spiro atoms. The van der Waals surface area contributed by atoms with Gasteiger partial charge >= 0.3 is 0 Å². The lowest BCUT2D eigenvalue weighted by Gasteiger charge is -2.36. The molecule has 0 aromatic carbocycles. The number of carbonyl (C=O) groups excluding carboxylic acids is 1. The van der Waals surface area contributed by atoms with Crippen molar-refractivity contribution in [1.82, 2.24) is 4.90 Å². The largest absolute Gasteiger partial charge is 0.341 e. The fourth-order valence-corrected chi connectivity index (χ4v) is 2.64.